The standard InChI is InChI=1S/C76H118F6N12O14/c1-13-45(3)63-71(104)88(7)44-62(97)89(8)54-23-16-15-19-36-93(70(54)103)58(38-47-26-30-50(31-27-47)75(77,78)79)69(102)87(6)43-60(95)83-53(33-29-48-28-32-52(76(80,81)82)59(39-48)107-12)67(100)94-42-51(108-14-2)40-56(94)66(99)85-74(34-20-35-74)73(106)92(11)64(49-21-17-18-22-49)72(105)91(10)57(68(101)86(4)5)41-61(96)90(9)55(65(98)84-63)37-46-24-25-46/h15-16,45-59,63-64H,13-14,17-44H2,1-12H3,(H,83,95)(H,84,98)(H,85,99)/b16-15-/t45-,47?,48?,50?,51+,52?,53-,54?,55-,56-,57-,58-,59?,63-,64-/m0/s1. The molecule has 0 aromatic carbocycles. The monoisotopic (exact) mass is 1540 g/mol. The minimum atomic E-state index is -4.56. The van der Waals surface area contributed by atoms with Crippen LogP contribution in [0.25, 0.3) is 0 Å². The molecular weight excluding hydrogens is 1420 g/mol. The maximum absolute atomic E-state index is 15.6. The first-order chi connectivity index (χ1) is 50.9. The van der Waals surface area contributed by atoms with Gasteiger partial charge in [-0.2, -0.15) is 26.3 Å². The molecular formula is C76H118F6N12O14. The van der Waals surface area contributed by atoms with E-state index in [1.165, 1.54) is 92.9 Å². The van der Waals surface area contributed by atoms with E-state index in [9.17, 15) is 55.1 Å². The molecule has 108 heavy (non-hydrogen) atoms. The Morgan fingerprint density at radius 3 is 1.82 bits per heavy atom. The molecule has 3 heterocycles. The SMILES string of the molecule is CCO[C@@H]1C[C@H]2C(=O)NC3(CCC3)C(=O)N(C)[C@@H](C3CCCC3)C(=O)N(C)[C@H](C(=O)N(C)C)CC(=O)N(C)[C@@H](CC3CC3)C(=O)N[C@@H]([C@@H](C)CC)C(=O)N(C)CC(=O)N(C)C3C/C=C\CCN(C3=O)[C@@H](CC3CCC(C(F)(F)F)CC3)C(=O)N(C)CC(=O)N[C@@H](CCC3CCC(C(F)(F)F)C(OC)C3)C(=O)N2C1. The number of amides is 12. The van der Waals surface area contributed by atoms with Gasteiger partial charge in [0, 0.05) is 89.6 Å². The van der Waals surface area contributed by atoms with E-state index in [2.05, 4.69) is 16.0 Å². The quantitative estimate of drug-likeness (QED) is 0.136. The summed E-state index contributed by atoms with van der Waals surface area (Å²) in [6, 6.07) is -10.7. The normalized spacial score (nSPS) is 31.9. The van der Waals surface area contributed by atoms with Crippen molar-refractivity contribution < 1.29 is 93.4 Å². The second kappa shape index (κ2) is 37.3. The lowest BCUT2D eigenvalue weighted by molar-refractivity contribution is -0.215. The highest BCUT2D eigenvalue weighted by molar-refractivity contribution is 6.01. The smallest absolute Gasteiger partial charge is 0.381 e. The molecule has 4 unspecified atom stereocenters. The van der Waals surface area contributed by atoms with Crippen LogP contribution >= 0.6 is 0 Å². The van der Waals surface area contributed by atoms with Gasteiger partial charge in [-0.3, -0.25) is 57.5 Å². The van der Waals surface area contributed by atoms with Crippen molar-refractivity contribution in [3.8, 4) is 0 Å². The molecule has 13 atom stereocenters. The number of carbonyl (C=O) groups excluding carboxylic acids is 12. The summed E-state index contributed by atoms with van der Waals surface area (Å²) in [4.78, 5) is 192. The lowest BCUT2D eigenvalue weighted by atomic mass is 9.74. The largest absolute Gasteiger partial charge is 0.394 e. The van der Waals surface area contributed by atoms with Crippen molar-refractivity contribution in [2.24, 2.45) is 41.4 Å². The highest BCUT2D eigenvalue weighted by atomic mass is 19.4. The van der Waals surface area contributed by atoms with Crippen LogP contribution in [0.5, 0.6) is 0 Å². The first-order valence-corrected chi connectivity index (χ1v) is 39.1. The zero-order valence-corrected chi connectivity index (χ0v) is 65.2. The average Bonchev–Trinajstić information content (AvgIpc) is 1.27. The number of fused-ring (bicyclic) bond motifs is 3. The zero-order chi connectivity index (χ0) is 79.6. The van der Waals surface area contributed by atoms with E-state index in [0.29, 0.717) is 38.5 Å². The number of rotatable bonds is 14. The third kappa shape index (κ3) is 20.9. The third-order valence-electron chi connectivity index (χ3n) is 24.8. The minimum Gasteiger partial charge on any atom is -0.381 e. The van der Waals surface area contributed by atoms with E-state index < -0.39 is 204 Å². The number of hydrogen-bond donors (Lipinski definition) is 3. The van der Waals surface area contributed by atoms with Gasteiger partial charge in [0.25, 0.3) is 0 Å². The molecule has 0 radical (unpaired) electrons. The molecule has 32 heteroatoms. The molecule has 0 aromatic rings. The molecule has 3 N–H and O–H groups in total. The Kier molecular flexibility index (Phi) is 29.8. The number of halogens is 6. The Morgan fingerprint density at radius 1 is 0.630 bits per heavy atom. The van der Waals surface area contributed by atoms with Crippen molar-refractivity contribution in [2.75, 3.05) is 96.3 Å². The van der Waals surface area contributed by atoms with E-state index in [4.69, 9.17) is 9.47 Å². The van der Waals surface area contributed by atoms with Gasteiger partial charge < -0.3 is 69.5 Å². The first kappa shape index (κ1) is 86.5. The number of likely N-dealkylation sites (N-methyl/N-ethyl adjacent to an activating group) is 7. The predicted molar refractivity (Wildman–Crippen MR) is 385 cm³/mol. The van der Waals surface area contributed by atoms with Crippen LogP contribution in [0.4, 0.5) is 26.3 Å². The lowest BCUT2D eigenvalue weighted by Crippen LogP contribution is -2.68. The highest BCUT2D eigenvalue weighted by Crippen LogP contribution is 2.45. The van der Waals surface area contributed by atoms with Crippen LogP contribution in [0.15, 0.2) is 12.2 Å². The van der Waals surface area contributed by atoms with E-state index >= 15 is 28.8 Å². The Balaban J connectivity index is 1.20. The Morgan fingerprint density at radius 2 is 1.25 bits per heavy atom. The number of methoxy groups -OCH3 is 1. The fourth-order valence-electron chi connectivity index (χ4n) is 17.4. The lowest BCUT2D eigenvalue weighted by Gasteiger charge is -2.46. The van der Waals surface area contributed by atoms with Crippen LogP contribution < -0.4 is 16.0 Å². The molecule has 2 saturated heterocycles. The molecule has 608 valence electrons. The number of hydrogen-bond acceptors (Lipinski definition) is 14. The fraction of sp³-hybridized carbons (Fsp3) is 0.816. The summed E-state index contributed by atoms with van der Waals surface area (Å²) in [5.41, 5.74) is -1.63. The van der Waals surface area contributed by atoms with E-state index in [-0.39, 0.29) is 128 Å². The molecule has 8 rings (SSSR count). The molecule has 5 aliphatic carbocycles. The highest BCUT2D eigenvalue weighted by Gasteiger charge is 2.55. The van der Waals surface area contributed by atoms with Crippen molar-refractivity contribution in [3.63, 3.8) is 0 Å². The molecule has 7 fully saturated rings. The molecule has 8 aliphatic rings. The van der Waals surface area contributed by atoms with E-state index in [1.807, 2.05) is 0 Å². The Labute approximate surface area is 631 Å². The third-order valence-corrected chi connectivity index (χ3v) is 24.8. The Hall–Kier alpha value is -7.12. The summed E-state index contributed by atoms with van der Waals surface area (Å²) < 4.78 is 96.8. The molecule has 1 spiro atoms. The summed E-state index contributed by atoms with van der Waals surface area (Å²) in [5, 5.41) is 8.69. The van der Waals surface area contributed by atoms with Gasteiger partial charge >= 0.3 is 12.4 Å². The molecule has 3 aliphatic heterocycles. The van der Waals surface area contributed by atoms with Gasteiger partial charge in [-0.05, 0) is 152 Å². The summed E-state index contributed by atoms with van der Waals surface area (Å²) in [6.07, 6.45) is -3.84. The van der Waals surface area contributed by atoms with E-state index in [1.54, 1.807) is 32.9 Å². The number of nitrogens with one attached hydrogen (secondary N) is 3. The number of nitrogens with zero attached hydrogens (tertiary/aromatic N) is 9. The summed E-state index contributed by atoms with van der Waals surface area (Å²) in [6.45, 7) is 3.71. The maximum atomic E-state index is 15.6. The van der Waals surface area contributed by atoms with Gasteiger partial charge in [0.15, 0.2) is 0 Å². The van der Waals surface area contributed by atoms with Gasteiger partial charge in [0.2, 0.25) is 70.9 Å². The van der Waals surface area contributed by atoms with Gasteiger partial charge in [-0.25, -0.2) is 0 Å². The van der Waals surface area contributed by atoms with Crippen LogP contribution in [0.1, 0.15) is 181 Å². The molecule has 5 saturated carbocycles. The summed E-state index contributed by atoms with van der Waals surface area (Å²) in [5.74, 6) is -14.0. The van der Waals surface area contributed by atoms with Gasteiger partial charge in [0.05, 0.1) is 43.6 Å². The Bertz CT molecular complexity index is 3250. The van der Waals surface area contributed by atoms with Crippen molar-refractivity contribution in [3.05, 3.63) is 12.2 Å². The first-order valence-electron chi connectivity index (χ1n) is 39.1. The van der Waals surface area contributed by atoms with Crippen LogP contribution in [-0.2, 0) is 67.0 Å². The van der Waals surface area contributed by atoms with Crippen molar-refractivity contribution in [2.45, 2.75) is 260 Å². The van der Waals surface area contributed by atoms with Crippen molar-refractivity contribution in [1.82, 2.24) is 60.0 Å². The van der Waals surface area contributed by atoms with Crippen molar-refractivity contribution in [1.29, 1.82) is 0 Å². The van der Waals surface area contributed by atoms with Crippen LogP contribution in [0.3, 0.4) is 0 Å². The predicted octanol–water partition coefficient (Wildman–Crippen LogP) is 5.83. The fourth-order valence-corrected chi connectivity index (χ4v) is 17.4. The number of ether oxygens (including phenoxy) is 2. The van der Waals surface area contributed by atoms with E-state index in [0.717, 1.165) is 27.5 Å². The second-order valence-electron chi connectivity index (χ2n) is 32.4. The van der Waals surface area contributed by atoms with Gasteiger partial charge in [0.1, 0.15) is 53.9 Å². The molecule has 2 bridgehead atoms. The minimum absolute atomic E-state index is 0.0228. The second-order valence-corrected chi connectivity index (χ2v) is 32.4. The number of alkyl halides is 6. The van der Waals surface area contributed by atoms with Crippen molar-refractivity contribution >= 4 is 70.9 Å². The maximum Gasteiger partial charge on any atom is 0.394 e. The molecule has 0 aromatic heterocycles. The van der Waals surface area contributed by atoms with Gasteiger partial charge in [-0.1, -0.05) is 58.1 Å². The molecule has 26 nitrogen and oxygen atoms in total. The topological polar surface area (TPSA) is 289 Å². The summed E-state index contributed by atoms with van der Waals surface area (Å²) in [7, 11) is 12.4. The van der Waals surface area contributed by atoms with Gasteiger partial charge in [-0.15, -0.1) is 0 Å². The average molecular weight is 1540 g/mol. The zero-order valence-electron chi connectivity index (χ0n) is 65.2. The van der Waals surface area contributed by atoms with Crippen LogP contribution in [0, 0.1) is 41.4 Å². The number of carbonyl (C=O) groups is 12. The summed E-state index contributed by atoms with van der Waals surface area (Å²) >= 11 is 0. The van der Waals surface area contributed by atoms with Crippen LogP contribution in [0.2, 0.25) is 0 Å². The molecule has 12 amide bonds. The van der Waals surface area contributed by atoms with Crippen LogP contribution in [-0.4, -0.2) is 290 Å².